The van der Waals surface area contributed by atoms with Gasteiger partial charge in [0.15, 0.2) is 0 Å². The molecule has 0 bridgehead atoms. The van der Waals surface area contributed by atoms with E-state index in [2.05, 4.69) is 33.0 Å². The van der Waals surface area contributed by atoms with Crippen LogP contribution in [0.2, 0.25) is 0 Å². The second-order valence-electron chi connectivity index (χ2n) is 6.11. The second-order valence-corrected chi connectivity index (χ2v) is 6.11. The van der Waals surface area contributed by atoms with Gasteiger partial charge in [-0.3, -0.25) is 0 Å². The Balaban J connectivity index is 2.85. The Labute approximate surface area is 116 Å². The molecule has 19 heavy (non-hydrogen) atoms. The normalized spacial score (nSPS) is 15.3. The first kappa shape index (κ1) is 16.1. The summed E-state index contributed by atoms with van der Waals surface area (Å²) in [5, 5.41) is 12.8. The highest BCUT2D eigenvalue weighted by molar-refractivity contribution is 5.20. The van der Waals surface area contributed by atoms with Crippen molar-refractivity contribution >= 4 is 0 Å². The van der Waals surface area contributed by atoms with Gasteiger partial charge in [0.05, 0.1) is 0 Å². The van der Waals surface area contributed by atoms with E-state index in [9.17, 15) is 9.50 Å². The summed E-state index contributed by atoms with van der Waals surface area (Å²) in [6.07, 6.45) is 1.59. The molecular weight excluding hydrogens is 241 g/mol. The van der Waals surface area contributed by atoms with Crippen molar-refractivity contribution in [1.29, 1.82) is 0 Å². The van der Waals surface area contributed by atoms with Crippen LogP contribution < -0.4 is 5.32 Å². The maximum Gasteiger partial charge on any atom is 0.123 e. The summed E-state index contributed by atoms with van der Waals surface area (Å²) >= 11 is 0. The molecule has 1 rings (SSSR count). The molecule has 0 heterocycles. The highest BCUT2D eigenvalue weighted by Gasteiger charge is 2.26. The number of nitrogens with one attached hydrogen (secondary N) is 1. The molecule has 1 aromatic rings. The summed E-state index contributed by atoms with van der Waals surface area (Å²) in [5.74, 6) is -0.202. The lowest BCUT2D eigenvalue weighted by atomic mass is 9.84. The lowest BCUT2D eigenvalue weighted by Gasteiger charge is -2.35. The quantitative estimate of drug-likeness (QED) is 0.824. The SMILES string of the molecule is CCC(NC(CCO)C(C)(C)C)c1cccc(F)c1. The van der Waals surface area contributed by atoms with Gasteiger partial charge in [-0.05, 0) is 36.0 Å². The molecule has 0 aliphatic carbocycles. The van der Waals surface area contributed by atoms with E-state index in [0.717, 1.165) is 12.0 Å². The summed E-state index contributed by atoms with van der Waals surface area (Å²) in [5.41, 5.74) is 1.03. The Morgan fingerprint density at radius 3 is 2.47 bits per heavy atom. The third-order valence-corrected chi connectivity index (χ3v) is 3.52. The first-order valence-electron chi connectivity index (χ1n) is 7.00. The van der Waals surface area contributed by atoms with E-state index in [0.29, 0.717) is 6.42 Å². The lowest BCUT2D eigenvalue weighted by molar-refractivity contribution is 0.184. The Bertz CT molecular complexity index is 387. The van der Waals surface area contributed by atoms with Crippen molar-refractivity contribution in [2.24, 2.45) is 5.41 Å². The Morgan fingerprint density at radius 2 is 2.00 bits per heavy atom. The fourth-order valence-corrected chi connectivity index (χ4v) is 2.31. The van der Waals surface area contributed by atoms with Gasteiger partial charge < -0.3 is 10.4 Å². The van der Waals surface area contributed by atoms with E-state index in [4.69, 9.17) is 0 Å². The number of benzene rings is 1. The average molecular weight is 267 g/mol. The van der Waals surface area contributed by atoms with Gasteiger partial charge in [-0.2, -0.15) is 0 Å². The molecular formula is C16H26FNO. The number of hydrogen-bond acceptors (Lipinski definition) is 2. The van der Waals surface area contributed by atoms with Gasteiger partial charge in [0, 0.05) is 18.7 Å². The van der Waals surface area contributed by atoms with Gasteiger partial charge >= 0.3 is 0 Å². The van der Waals surface area contributed by atoms with Crippen LogP contribution in [0.4, 0.5) is 4.39 Å². The minimum Gasteiger partial charge on any atom is -0.396 e. The second kappa shape index (κ2) is 7.01. The van der Waals surface area contributed by atoms with Crippen LogP contribution in [-0.4, -0.2) is 17.8 Å². The fourth-order valence-electron chi connectivity index (χ4n) is 2.31. The van der Waals surface area contributed by atoms with Crippen LogP contribution >= 0.6 is 0 Å². The van der Waals surface area contributed by atoms with Crippen LogP contribution in [0.3, 0.4) is 0 Å². The molecule has 2 atom stereocenters. The minimum absolute atomic E-state index is 0.0590. The molecule has 1 aromatic carbocycles. The third kappa shape index (κ3) is 4.92. The van der Waals surface area contributed by atoms with Crippen molar-refractivity contribution in [3.8, 4) is 0 Å². The zero-order valence-corrected chi connectivity index (χ0v) is 12.4. The predicted octanol–water partition coefficient (Wildman–Crippen LogP) is 3.66. The maximum absolute atomic E-state index is 13.3. The predicted molar refractivity (Wildman–Crippen MR) is 77.5 cm³/mol. The van der Waals surface area contributed by atoms with E-state index in [-0.39, 0.29) is 29.9 Å². The van der Waals surface area contributed by atoms with Crippen molar-refractivity contribution in [3.05, 3.63) is 35.6 Å². The zero-order chi connectivity index (χ0) is 14.5. The van der Waals surface area contributed by atoms with Crippen LogP contribution in [0.25, 0.3) is 0 Å². The molecule has 0 amide bonds. The third-order valence-electron chi connectivity index (χ3n) is 3.52. The van der Waals surface area contributed by atoms with Gasteiger partial charge in [0.2, 0.25) is 0 Å². The van der Waals surface area contributed by atoms with E-state index in [1.54, 1.807) is 12.1 Å². The first-order valence-corrected chi connectivity index (χ1v) is 7.00. The minimum atomic E-state index is -0.202. The van der Waals surface area contributed by atoms with E-state index >= 15 is 0 Å². The number of aliphatic hydroxyl groups is 1. The summed E-state index contributed by atoms with van der Waals surface area (Å²) in [6.45, 7) is 8.70. The largest absolute Gasteiger partial charge is 0.396 e. The van der Waals surface area contributed by atoms with Crippen LogP contribution in [-0.2, 0) is 0 Å². The summed E-state index contributed by atoms with van der Waals surface area (Å²) in [7, 11) is 0. The molecule has 0 aliphatic rings. The molecule has 2 nitrogen and oxygen atoms in total. The first-order chi connectivity index (χ1) is 8.88. The fraction of sp³-hybridized carbons (Fsp3) is 0.625. The van der Waals surface area contributed by atoms with Crippen molar-refractivity contribution in [2.75, 3.05) is 6.61 Å². The van der Waals surface area contributed by atoms with Gasteiger partial charge in [-0.25, -0.2) is 4.39 Å². The summed E-state index contributed by atoms with van der Waals surface area (Å²) in [6, 6.07) is 7.05. The molecule has 0 saturated heterocycles. The monoisotopic (exact) mass is 267 g/mol. The Kier molecular flexibility index (Phi) is 5.95. The molecule has 0 aromatic heterocycles. The lowest BCUT2D eigenvalue weighted by Crippen LogP contribution is -2.42. The van der Waals surface area contributed by atoms with Crippen molar-refractivity contribution in [1.82, 2.24) is 5.32 Å². The van der Waals surface area contributed by atoms with E-state index in [1.807, 2.05) is 6.07 Å². The molecule has 108 valence electrons. The zero-order valence-electron chi connectivity index (χ0n) is 12.4. The molecule has 2 unspecified atom stereocenters. The molecule has 3 heteroatoms. The summed E-state index contributed by atoms with van der Waals surface area (Å²) in [4.78, 5) is 0. The number of aliphatic hydroxyl groups excluding tert-OH is 1. The van der Waals surface area contributed by atoms with Gasteiger partial charge in [-0.1, -0.05) is 39.8 Å². The van der Waals surface area contributed by atoms with Gasteiger partial charge in [-0.15, -0.1) is 0 Å². The number of rotatable bonds is 6. The highest BCUT2D eigenvalue weighted by atomic mass is 19.1. The molecule has 2 N–H and O–H groups in total. The maximum atomic E-state index is 13.3. The van der Waals surface area contributed by atoms with E-state index < -0.39 is 0 Å². The van der Waals surface area contributed by atoms with Crippen LogP contribution in [0.5, 0.6) is 0 Å². The Morgan fingerprint density at radius 1 is 1.32 bits per heavy atom. The van der Waals surface area contributed by atoms with Gasteiger partial charge in [0.1, 0.15) is 5.82 Å². The summed E-state index contributed by atoms with van der Waals surface area (Å²) < 4.78 is 13.3. The topological polar surface area (TPSA) is 32.3 Å². The van der Waals surface area contributed by atoms with Crippen LogP contribution in [0, 0.1) is 11.2 Å². The number of halogens is 1. The van der Waals surface area contributed by atoms with Crippen molar-refractivity contribution < 1.29 is 9.50 Å². The van der Waals surface area contributed by atoms with Crippen molar-refractivity contribution in [2.45, 2.75) is 52.6 Å². The standard InChI is InChI=1S/C16H26FNO/c1-5-14(12-7-6-8-13(17)11-12)18-15(9-10-19)16(2,3)4/h6-8,11,14-15,18-19H,5,9-10H2,1-4H3. The molecule has 0 saturated carbocycles. The molecule has 0 aliphatic heterocycles. The van der Waals surface area contributed by atoms with Gasteiger partial charge in [0.25, 0.3) is 0 Å². The van der Waals surface area contributed by atoms with E-state index in [1.165, 1.54) is 6.07 Å². The molecule has 0 spiro atoms. The highest BCUT2D eigenvalue weighted by Crippen LogP contribution is 2.26. The molecule has 0 radical (unpaired) electrons. The average Bonchev–Trinajstić information content (AvgIpc) is 2.33. The smallest absolute Gasteiger partial charge is 0.123 e. The van der Waals surface area contributed by atoms with Crippen LogP contribution in [0.15, 0.2) is 24.3 Å². The van der Waals surface area contributed by atoms with Crippen molar-refractivity contribution in [3.63, 3.8) is 0 Å². The number of hydrogen-bond donors (Lipinski definition) is 2. The molecule has 0 fully saturated rings. The Hall–Kier alpha value is -0.930. The van der Waals surface area contributed by atoms with Crippen LogP contribution in [0.1, 0.15) is 52.1 Å².